The molecule has 8 heteroatoms. The van der Waals surface area contributed by atoms with Crippen LogP contribution >= 0.6 is 11.3 Å². The van der Waals surface area contributed by atoms with E-state index >= 15 is 0 Å². The molecule has 1 aliphatic rings. The summed E-state index contributed by atoms with van der Waals surface area (Å²) >= 11 is 1.61. The second-order valence-corrected chi connectivity index (χ2v) is 10.2. The molecule has 0 saturated carbocycles. The van der Waals surface area contributed by atoms with Crippen LogP contribution in [-0.2, 0) is 11.3 Å². The van der Waals surface area contributed by atoms with E-state index in [4.69, 9.17) is 9.97 Å². The van der Waals surface area contributed by atoms with Gasteiger partial charge in [0.15, 0.2) is 5.13 Å². The smallest absolute Gasteiger partial charge is 0.242 e. The third-order valence-corrected chi connectivity index (χ3v) is 7.75. The largest absolute Gasteiger partial charge is 0.353 e. The zero-order valence-corrected chi connectivity index (χ0v) is 21.5. The van der Waals surface area contributed by atoms with Crippen LogP contribution in [0.25, 0.3) is 33.7 Å². The molecular formula is C29H28N6OS. The molecule has 1 fully saturated rings. The van der Waals surface area contributed by atoms with Gasteiger partial charge in [0.1, 0.15) is 11.9 Å². The molecule has 2 aromatic carbocycles. The van der Waals surface area contributed by atoms with Gasteiger partial charge in [0, 0.05) is 48.5 Å². The van der Waals surface area contributed by atoms with Gasteiger partial charge in [-0.1, -0.05) is 42.0 Å². The Kier molecular flexibility index (Phi) is 6.40. The van der Waals surface area contributed by atoms with Gasteiger partial charge in [-0.05, 0) is 44.0 Å². The van der Waals surface area contributed by atoms with Crippen molar-refractivity contribution >= 4 is 33.4 Å². The molecule has 0 radical (unpaired) electrons. The first-order valence-electron chi connectivity index (χ1n) is 12.6. The van der Waals surface area contributed by atoms with E-state index in [-0.39, 0.29) is 11.9 Å². The summed E-state index contributed by atoms with van der Waals surface area (Å²) in [7, 11) is 0. The number of hydrogen-bond acceptors (Lipinski definition) is 6. The number of imidazole rings is 1. The molecule has 4 heterocycles. The molecule has 186 valence electrons. The van der Waals surface area contributed by atoms with E-state index in [0.29, 0.717) is 13.1 Å². The van der Waals surface area contributed by atoms with E-state index in [0.717, 1.165) is 58.2 Å². The summed E-state index contributed by atoms with van der Waals surface area (Å²) in [5.41, 5.74) is 6.29. The van der Waals surface area contributed by atoms with Crippen molar-refractivity contribution < 1.29 is 4.79 Å². The number of carbonyl (C=O) groups excluding carboxylic acids is 1. The van der Waals surface area contributed by atoms with Crippen molar-refractivity contribution in [3.05, 3.63) is 84.0 Å². The number of hydrogen-bond donors (Lipinski definition) is 1. The number of nitrogens with one attached hydrogen (secondary N) is 1. The van der Waals surface area contributed by atoms with Crippen LogP contribution in [0, 0.1) is 6.92 Å². The Hall–Kier alpha value is -4.04. The third-order valence-electron chi connectivity index (χ3n) is 6.87. The summed E-state index contributed by atoms with van der Waals surface area (Å²) in [5.74, 6) is 0.936. The summed E-state index contributed by atoms with van der Waals surface area (Å²) in [6.07, 6.45) is 5.37. The van der Waals surface area contributed by atoms with E-state index < -0.39 is 0 Å². The summed E-state index contributed by atoms with van der Waals surface area (Å²) in [5, 5.41) is 6.18. The van der Waals surface area contributed by atoms with Crippen molar-refractivity contribution in [2.45, 2.75) is 32.4 Å². The Morgan fingerprint density at radius 1 is 1.03 bits per heavy atom. The van der Waals surface area contributed by atoms with Crippen molar-refractivity contribution in [2.75, 3.05) is 18.0 Å². The number of anilines is 1. The highest BCUT2D eigenvalue weighted by atomic mass is 32.1. The molecule has 5 aromatic rings. The highest BCUT2D eigenvalue weighted by molar-refractivity contribution is 7.14. The number of benzene rings is 2. The van der Waals surface area contributed by atoms with Crippen LogP contribution < -0.4 is 10.2 Å². The number of thiazole rings is 1. The van der Waals surface area contributed by atoms with E-state index in [9.17, 15) is 4.79 Å². The minimum Gasteiger partial charge on any atom is -0.353 e. The molecule has 1 unspecified atom stereocenters. The average molecular weight is 509 g/mol. The quantitative estimate of drug-likeness (QED) is 0.322. The van der Waals surface area contributed by atoms with Gasteiger partial charge in [-0.15, -0.1) is 11.3 Å². The molecule has 1 atom stereocenters. The maximum Gasteiger partial charge on any atom is 0.242 e. The molecular weight excluding hydrogens is 480 g/mol. The molecule has 0 aliphatic carbocycles. The van der Waals surface area contributed by atoms with Gasteiger partial charge in [0.25, 0.3) is 0 Å². The number of nitrogens with zero attached hydrogens (tertiary/aromatic N) is 5. The van der Waals surface area contributed by atoms with Gasteiger partial charge in [-0.3, -0.25) is 9.78 Å². The third kappa shape index (κ3) is 4.72. The second kappa shape index (κ2) is 10.1. The Bertz CT molecular complexity index is 1530. The monoisotopic (exact) mass is 508 g/mol. The zero-order valence-electron chi connectivity index (χ0n) is 20.7. The Morgan fingerprint density at radius 2 is 1.84 bits per heavy atom. The van der Waals surface area contributed by atoms with Crippen molar-refractivity contribution in [1.82, 2.24) is 24.8 Å². The van der Waals surface area contributed by atoms with Gasteiger partial charge < -0.3 is 14.8 Å². The topological polar surface area (TPSA) is 75.9 Å². The van der Waals surface area contributed by atoms with E-state index in [1.54, 1.807) is 23.7 Å². The van der Waals surface area contributed by atoms with Crippen LogP contribution in [-0.4, -0.2) is 44.6 Å². The highest BCUT2D eigenvalue weighted by Gasteiger charge is 2.32. The Labute approximate surface area is 219 Å². The van der Waals surface area contributed by atoms with Crippen molar-refractivity contribution in [2.24, 2.45) is 0 Å². The standard InChI is InChI=1S/C29H28N6OS/c1-20-8-10-21(11-9-20)24-19-37-29(33-24)35-17-4-7-26(35)28(36)31-16-18-34-25-6-3-2-5-23(25)32-27(34)22-12-14-30-15-13-22/h2-3,5-6,8-15,19,26H,4,7,16-18H2,1H3,(H,31,36). The Morgan fingerprint density at radius 3 is 2.68 bits per heavy atom. The number of rotatable bonds is 7. The summed E-state index contributed by atoms with van der Waals surface area (Å²) in [6, 6.07) is 20.2. The lowest BCUT2D eigenvalue weighted by molar-refractivity contribution is -0.122. The number of aryl methyl sites for hydroxylation is 1. The number of para-hydroxylation sites is 2. The maximum absolute atomic E-state index is 13.3. The predicted molar refractivity (Wildman–Crippen MR) is 149 cm³/mol. The van der Waals surface area contributed by atoms with Gasteiger partial charge in [0.2, 0.25) is 5.91 Å². The SMILES string of the molecule is Cc1ccc(-c2csc(N3CCCC3C(=O)NCCn3c(-c4ccncc4)nc4ccccc43)n2)cc1. The van der Waals surface area contributed by atoms with Crippen LogP contribution in [0.5, 0.6) is 0 Å². The lowest BCUT2D eigenvalue weighted by Crippen LogP contribution is -2.44. The fraction of sp³-hybridized carbons (Fsp3) is 0.241. The molecule has 1 amide bonds. The number of aromatic nitrogens is 4. The van der Waals surface area contributed by atoms with Crippen molar-refractivity contribution in [3.8, 4) is 22.6 Å². The summed E-state index contributed by atoms with van der Waals surface area (Å²) < 4.78 is 2.17. The first kappa shape index (κ1) is 23.4. The molecule has 6 rings (SSSR count). The normalized spacial score (nSPS) is 15.4. The highest BCUT2D eigenvalue weighted by Crippen LogP contribution is 2.32. The first-order chi connectivity index (χ1) is 18.2. The maximum atomic E-state index is 13.3. The molecule has 0 spiro atoms. The Balaban J connectivity index is 1.15. The number of amides is 1. The minimum absolute atomic E-state index is 0.0551. The molecule has 1 saturated heterocycles. The fourth-order valence-electron chi connectivity index (χ4n) is 4.95. The fourth-order valence-corrected chi connectivity index (χ4v) is 5.86. The van der Waals surface area contributed by atoms with E-state index in [1.165, 1.54) is 5.56 Å². The molecule has 1 aliphatic heterocycles. The van der Waals surface area contributed by atoms with Crippen LogP contribution in [0.3, 0.4) is 0 Å². The van der Waals surface area contributed by atoms with E-state index in [2.05, 4.69) is 62.4 Å². The predicted octanol–water partition coefficient (Wildman–Crippen LogP) is 5.32. The van der Waals surface area contributed by atoms with Crippen LogP contribution in [0.4, 0.5) is 5.13 Å². The van der Waals surface area contributed by atoms with E-state index in [1.807, 2.05) is 30.3 Å². The number of fused-ring (bicyclic) bond motifs is 1. The summed E-state index contributed by atoms with van der Waals surface area (Å²) in [4.78, 5) is 29.3. The van der Waals surface area contributed by atoms with Crippen molar-refractivity contribution in [3.63, 3.8) is 0 Å². The molecule has 7 nitrogen and oxygen atoms in total. The molecule has 1 N–H and O–H groups in total. The lowest BCUT2D eigenvalue weighted by Gasteiger charge is -2.23. The van der Waals surface area contributed by atoms with Crippen LogP contribution in [0.1, 0.15) is 18.4 Å². The van der Waals surface area contributed by atoms with Gasteiger partial charge >= 0.3 is 0 Å². The summed E-state index contributed by atoms with van der Waals surface area (Å²) in [6.45, 7) is 4.08. The van der Waals surface area contributed by atoms with Gasteiger partial charge in [-0.25, -0.2) is 9.97 Å². The first-order valence-corrected chi connectivity index (χ1v) is 13.5. The number of pyridine rings is 1. The average Bonchev–Trinajstić information content (AvgIpc) is 3.68. The number of carbonyl (C=O) groups is 1. The molecule has 3 aromatic heterocycles. The molecule has 0 bridgehead atoms. The van der Waals surface area contributed by atoms with Crippen molar-refractivity contribution in [1.29, 1.82) is 0 Å². The van der Waals surface area contributed by atoms with Gasteiger partial charge in [-0.2, -0.15) is 0 Å². The lowest BCUT2D eigenvalue weighted by atomic mass is 10.1. The van der Waals surface area contributed by atoms with Crippen LogP contribution in [0.2, 0.25) is 0 Å². The van der Waals surface area contributed by atoms with Crippen LogP contribution in [0.15, 0.2) is 78.4 Å². The van der Waals surface area contributed by atoms with Gasteiger partial charge in [0.05, 0.1) is 16.7 Å². The minimum atomic E-state index is -0.198. The molecule has 37 heavy (non-hydrogen) atoms. The zero-order chi connectivity index (χ0) is 25.2. The second-order valence-electron chi connectivity index (χ2n) is 9.34.